The van der Waals surface area contributed by atoms with Crippen molar-refractivity contribution >= 4 is 35.0 Å². The monoisotopic (exact) mass is 465 g/mol. The fraction of sp³-hybridized carbons (Fsp3) is 0.174. The number of nitrogens with one attached hydrogen (secondary N) is 2. The Bertz CT molecular complexity index is 1220. The highest BCUT2D eigenvalue weighted by molar-refractivity contribution is 8.00. The molecule has 0 radical (unpaired) electrons. The normalized spacial score (nSPS) is 13.3. The SMILES string of the molecule is O=C(CSc1ncccc1C(=O)Nc1ccc2c(c1)OCCO2)Nc1ccc2c(c1)OCO2. The van der Waals surface area contributed by atoms with Crippen LogP contribution >= 0.6 is 11.8 Å². The quantitative estimate of drug-likeness (QED) is 0.532. The van der Waals surface area contributed by atoms with Gasteiger partial charge in [0.25, 0.3) is 5.91 Å². The summed E-state index contributed by atoms with van der Waals surface area (Å²) < 4.78 is 21.7. The molecule has 2 amide bonds. The highest BCUT2D eigenvalue weighted by Gasteiger charge is 2.18. The van der Waals surface area contributed by atoms with Crippen molar-refractivity contribution in [2.24, 2.45) is 0 Å². The van der Waals surface area contributed by atoms with Gasteiger partial charge in [-0.2, -0.15) is 0 Å². The molecule has 2 aromatic carbocycles. The molecule has 0 fully saturated rings. The van der Waals surface area contributed by atoms with Crippen molar-refractivity contribution < 1.29 is 28.5 Å². The largest absolute Gasteiger partial charge is 0.486 e. The number of amides is 2. The molecule has 1 aromatic heterocycles. The van der Waals surface area contributed by atoms with E-state index in [2.05, 4.69) is 15.6 Å². The number of ether oxygens (including phenoxy) is 4. The van der Waals surface area contributed by atoms with E-state index < -0.39 is 0 Å². The van der Waals surface area contributed by atoms with Gasteiger partial charge in [-0.05, 0) is 36.4 Å². The van der Waals surface area contributed by atoms with E-state index in [9.17, 15) is 9.59 Å². The number of fused-ring (bicyclic) bond motifs is 2. The van der Waals surface area contributed by atoms with E-state index in [0.717, 1.165) is 0 Å². The van der Waals surface area contributed by atoms with Crippen LogP contribution in [0.4, 0.5) is 11.4 Å². The highest BCUT2D eigenvalue weighted by atomic mass is 32.2. The van der Waals surface area contributed by atoms with E-state index in [-0.39, 0.29) is 24.4 Å². The first-order valence-corrected chi connectivity index (χ1v) is 11.1. The van der Waals surface area contributed by atoms with Crippen LogP contribution in [0.25, 0.3) is 0 Å². The molecular formula is C23H19N3O6S. The lowest BCUT2D eigenvalue weighted by Crippen LogP contribution is -2.17. The Morgan fingerprint density at radius 3 is 2.33 bits per heavy atom. The summed E-state index contributed by atoms with van der Waals surface area (Å²) in [5.41, 5.74) is 1.54. The van der Waals surface area contributed by atoms with Gasteiger partial charge < -0.3 is 29.6 Å². The first-order chi connectivity index (χ1) is 16.2. The third-order valence-corrected chi connectivity index (χ3v) is 5.82. The molecule has 3 aromatic rings. The number of nitrogens with zero attached hydrogens (tertiary/aromatic N) is 1. The van der Waals surface area contributed by atoms with Crippen molar-refractivity contribution in [1.29, 1.82) is 0 Å². The van der Waals surface area contributed by atoms with E-state index in [1.54, 1.807) is 54.7 Å². The molecule has 0 atom stereocenters. The molecule has 3 heterocycles. The predicted octanol–water partition coefficient (Wildman–Crippen LogP) is 3.56. The van der Waals surface area contributed by atoms with Crippen molar-refractivity contribution in [2.75, 3.05) is 36.4 Å². The molecule has 0 bridgehead atoms. The molecule has 0 saturated carbocycles. The summed E-state index contributed by atoms with van der Waals surface area (Å²) in [4.78, 5) is 29.6. The topological polar surface area (TPSA) is 108 Å². The molecule has 0 aliphatic carbocycles. The number of carbonyl (C=O) groups excluding carboxylic acids is 2. The van der Waals surface area contributed by atoms with Gasteiger partial charge in [-0.25, -0.2) is 4.98 Å². The lowest BCUT2D eigenvalue weighted by molar-refractivity contribution is -0.113. The van der Waals surface area contributed by atoms with Crippen LogP contribution in [-0.4, -0.2) is 42.6 Å². The summed E-state index contributed by atoms with van der Waals surface area (Å²) in [5.74, 6) is 1.97. The van der Waals surface area contributed by atoms with Gasteiger partial charge in [0, 0.05) is 29.7 Å². The Labute approximate surface area is 193 Å². The number of aromatic nitrogens is 1. The average Bonchev–Trinajstić information content (AvgIpc) is 3.31. The number of thioether (sulfide) groups is 1. The minimum Gasteiger partial charge on any atom is -0.486 e. The van der Waals surface area contributed by atoms with Crippen LogP contribution in [0.15, 0.2) is 59.8 Å². The summed E-state index contributed by atoms with van der Waals surface area (Å²) >= 11 is 1.18. The van der Waals surface area contributed by atoms with Gasteiger partial charge in [0.2, 0.25) is 12.7 Å². The number of hydrogen-bond acceptors (Lipinski definition) is 8. The first kappa shape index (κ1) is 21.0. The minimum atomic E-state index is -0.335. The second-order valence-corrected chi connectivity index (χ2v) is 8.04. The van der Waals surface area contributed by atoms with Crippen LogP contribution in [0.1, 0.15) is 10.4 Å². The van der Waals surface area contributed by atoms with Crippen LogP contribution < -0.4 is 29.6 Å². The highest BCUT2D eigenvalue weighted by Crippen LogP contribution is 2.35. The van der Waals surface area contributed by atoms with E-state index in [1.807, 2.05) is 0 Å². The molecule has 2 aliphatic rings. The number of carbonyl (C=O) groups is 2. The predicted molar refractivity (Wildman–Crippen MR) is 122 cm³/mol. The van der Waals surface area contributed by atoms with Gasteiger partial charge in [-0.1, -0.05) is 11.8 Å². The van der Waals surface area contributed by atoms with Crippen molar-refractivity contribution in [3.05, 3.63) is 60.3 Å². The number of benzene rings is 2. The molecule has 168 valence electrons. The van der Waals surface area contributed by atoms with E-state index in [4.69, 9.17) is 18.9 Å². The van der Waals surface area contributed by atoms with Crippen LogP contribution in [-0.2, 0) is 4.79 Å². The van der Waals surface area contributed by atoms with Gasteiger partial charge in [-0.15, -0.1) is 0 Å². The zero-order valence-electron chi connectivity index (χ0n) is 17.3. The van der Waals surface area contributed by atoms with Crippen LogP contribution in [0.5, 0.6) is 23.0 Å². The smallest absolute Gasteiger partial charge is 0.258 e. The van der Waals surface area contributed by atoms with E-state index in [0.29, 0.717) is 58.2 Å². The van der Waals surface area contributed by atoms with Crippen molar-refractivity contribution in [3.8, 4) is 23.0 Å². The standard InChI is InChI=1S/C23H19N3O6S/c27-21(25-14-3-6-18-20(10-14)32-13-31-18)12-33-23-16(2-1-7-24-23)22(28)26-15-4-5-17-19(11-15)30-9-8-29-17/h1-7,10-11H,8-9,12-13H2,(H,25,27)(H,26,28). The Kier molecular flexibility index (Phi) is 5.90. The maximum Gasteiger partial charge on any atom is 0.258 e. The second-order valence-electron chi connectivity index (χ2n) is 7.07. The van der Waals surface area contributed by atoms with Crippen LogP contribution in [0, 0.1) is 0 Å². The van der Waals surface area contributed by atoms with E-state index in [1.165, 1.54) is 11.8 Å². The molecule has 2 N–H and O–H groups in total. The molecule has 0 unspecified atom stereocenters. The number of pyridine rings is 1. The lowest BCUT2D eigenvalue weighted by atomic mass is 10.2. The number of hydrogen-bond donors (Lipinski definition) is 2. The maximum atomic E-state index is 12.9. The van der Waals surface area contributed by atoms with Gasteiger partial charge in [0.1, 0.15) is 18.2 Å². The van der Waals surface area contributed by atoms with Gasteiger partial charge >= 0.3 is 0 Å². The molecule has 5 rings (SSSR count). The fourth-order valence-corrected chi connectivity index (χ4v) is 4.10. The summed E-state index contributed by atoms with van der Waals surface area (Å²) in [6.07, 6.45) is 1.58. The van der Waals surface area contributed by atoms with Crippen molar-refractivity contribution in [2.45, 2.75) is 5.03 Å². The average molecular weight is 465 g/mol. The van der Waals surface area contributed by atoms with Crippen LogP contribution in [0.2, 0.25) is 0 Å². The first-order valence-electron chi connectivity index (χ1n) is 10.1. The summed E-state index contributed by atoms with van der Waals surface area (Å²) in [7, 11) is 0. The molecule has 33 heavy (non-hydrogen) atoms. The van der Waals surface area contributed by atoms with Gasteiger partial charge in [0.05, 0.1) is 11.3 Å². The molecule has 2 aliphatic heterocycles. The summed E-state index contributed by atoms with van der Waals surface area (Å²) in [6, 6.07) is 13.7. The lowest BCUT2D eigenvalue weighted by Gasteiger charge is -2.19. The molecule has 0 saturated heterocycles. The Morgan fingerprint density at radius 1 is 0.848 bits per heavy atom. The van der Waals surface area contributed by atoms with Gasteiger partial charge in [-0.3, -0.25) is 9.59 Å². The molecule has 10 heteroatoms. The number of anilines is 2. The Balaban J connectivity index is 1.22. The molecule has 0 spiro atoms. The Hall–Kier alpha value is -3.92. The molecular weight excluding hydrogens is 446 g/mol. The third kappa shape index (κ3) is 4.80. The second kappa shape index (κ2) is 9.29. The van der Waals surface area contributed by atoms with Crippen molar-refractivity contribution in [3.63, 3.8) is 0 Å². The summed E-state index contributed by atoms with van der Waals surface area (Å²) in [6.45, 7) is 1.12. The third-order valence-electron chi connectivity index (χ3n) is 4.81. The van der Waals surface area contributed by atoms with Crippen molar-refractivity contribution in [1.82, 2.24) is 4.98 Å². The fourth-order valence-electron chi connectivity index (χ4n) is 3.30. The zero-order valence-corrected chi connectivity index (χ0v) is 18.1. The Morgan fingerprint density at radius 2 is 1.52 bits per heavy atom. The van der Waals surface area contributed by atoms with Crippen LogP contribution in [0.3, 0.4) is 0 Å². The summed E-state index contributed by atoms with van der Waals surface area (Å²) in [5, 5.41) is 6.11. The maximum absolute atomic E-state index is 12.9. The molecule has 9 nitrogen and oxygen atoms in total. The van der Waals surface area contributed by atoms with Gasteiger partial charge in [0.15, 0.2) is 23.0 Å². The zero-order chi connectivity index (χ0) is 22.6. The number of rotatable bonds is 6. The van der Waals surface area contributed by atoms with E-state index >= 15 is 0 Å². The minimum absolute atomic E-state index is 0.0791.